The highest BCUT2D eigenvalue weighted by molar-refractivity contribution is 9.10. The van der Waals surface area contributed by atoms with Crippen molar-refractivity contribution >= 4 is 27.8 Å². The summed E-state index contributed by atoms with van der Waals surface area (Å²) in [6, 6.07) is 0. The maximum Gasteiger partial charge on any atom is 0.332 e. The molecule has 0 spiro atoms. The summed E-state index contributed by atoms with van der Waals surface area (Å²) in [4.78, 5) is 22.9. The Labute approximate surface area is 119 Å². The highest BCUT2D eigenvalue weighted by atomic mass is 79.9. The number of carbonyl (C=O) groups excluding carboxylic acids is 2. The fourth-order valence-corrected chi connectivity index (χ4v) is 1.69. The Bertz CT molecular complexity index is 489. The van der Waals surface area contributed by atoms with Gasteiger partial charge in [-0.2, -0.15) is 5.10 Å². The summed E-state index contributed by atoms with van der Waals surface area (Å²) in [5.41, 5.74) is 1.25. The third-order valence-corrected chi connectivity index (χ3v) is 2.93. The van der Waals surface area contributed by atoms with Crippen LogP contribution in [0.25, 0.3) is 0 Å². The number of amides is 1. The second-order valence-electron chi connectivity index (χ2n) is 3.89. The van der Waals surface area contributed by atoms with Crippen LogP contribution in [0.1, 0.15) is 19.5 Å². The van der Waals surface area contributed by atoms with Gasteiger partial charge in [-0.1, -0.05) is 0 Å². The van der Waals surface area contributed by atoms with E-state index in [1.165, 1.54) is 10.8 Å². The van der Waals surface area contributed by atoms with E-state index in [2.05, 4.69) is 26.3 Å². The zero-order valence-corrected chi connectivity index (χ0v) is 12.7. The lowest BCUT2D eigenvalue weighted by Gasteiger charge is -2.05. The lowest BCUT2D eigenvalue weighted by Crippen LogP contribution is -2.26. The van der Waals surface area contributed by atoms with Crippen LogP contribution in [0, 0.1) is 6.92 Å². The summed E-state index contributed by atoms with van der Waals surface area (Å²) >= 11 is 3.32. The third-order valence-electron chi connectivity index (χ3n) is 2.15. The minimum atomic E-state index is -0.474. The Morgan fingerprint density at radius 2 is 2.26 bits per heavy atom. The number of nitrogens with zero attached hydrogens (tertiary/aromatic N) is 2. The molecule has 1 aromatic heterocycles. The molecule has 0 aliphatic carbocycles. The number of allylic oxidation sites excluding steroid dienone is 1. The average molecular weight is 330 g/mol. The number of aromatic nitrogens is 2. The molecular weight excluding hydrogens is 314 g/mol. The number of halogens is 1. The minimum Gasteiger partial charge on any atom is -0.463 e. The lowest BCUT2D eigenvalue weighted by molar-refractivity contribution is -0.137. The van der Waals surface area contributed by atoms with Gasteiger partial charge in [0.15, 0.2) is 0 Å². The van der Waals surface area contributed by atoms with Gasteiger partial charge in [-0.3, -0.25) is 9.48 Å². The van der Waals surface area contributed by atoms with Crippen LogP contribution in [0.3, 0.4) is 0 Å². The van der Waals surface area contributed by atoms with E-state index >= 15 is 0 Å². The minimum absolute atomic E-state index is 0.0838. The van der Waals surface area contributed by atoms with Gasteiger partial charge in [0.05, 0.1) is 16.8 Å². The summed E-state index contributed by atoms with van der Waals surface area (Å²) < 4.78 is 7.11. The molecule has 1 heterocycles. The molecule has 0 bridgehead atoms. The molecule has 1 amide bonds. The largest absolute Gasteiger partial charge is 0.463 e. The van der Waals surface area contributed by atoms with Gasteiger partial charge in [-0.15, -0.1) is 0 Å². The monoisotopic (exact) mass is 329 g/mol. The van der Waals surface area contributed by atoms with Crippen LogP contribution in [0.15, 0.2) is 22.4 Å². The summed E-state index contributed by atoms with van der Waals surface area (Å²) in [5, 5.41) is 6.74. The third kappa shape index (κ3) is 5.25. The fourth-order valence-electron chi connectivity index (χ4n) is 1.38. The number of esters is 1. The molecule has 1 aromatic rings. The van der Waals surface area contributed by atoms with Crippen LogP contribution in [0.5, 0.6) is 0 Å². The van der Waals surface area contributed by atoms with Gasteiger partial charge < -0.3 is 10.1 Å². The highest BCUT2D eigenvalue weighted by Gasteiger charge is 2.07. The predicted molar refractivity (Wildman–Crippen MR) is 73.2 cm³/mol. The highest BCUT2D eigenvalue weighted by Crippen LogP contribution is 2.12. The van der Waals surface area contributed by atoms with Crippen molar-refractivity contribution < 1.29 is 14.3 Å². The quantitative estimate of drug-likeness (QED) is 0.656. The maximum atomic E-state index is 11.7. The molecule has 0 saturated carbocycles. The number of hydrogen-bond acceptors (Lipinski definition) is 4. The summed E-state index contributed by atoms with van der Waals surface area (Å²) in [6.07, 6.45) is 2.96. The first kappa shape index (κ1) is 15.4. The Hall–Kier alpha value is -1.63. The van der Waals surface area contributed by atoms with Crippen molar-refractivity contribution in [3.8, 4) is 0 Å². The van der Waals surface area contributed by atoms with Crippen molar-refractivity contribution in [3.63, 3.8) is 0 Å². The smallest absolute Gasteiger partial charge is 0.332 e. The number of nitrogens with one attached hydrogen (secondary N) is 1. The number of ether oxygens (including phenoxy) is 1. The second kappa shape index (κ2) is 7.08. The first-order valence-corrected chi connectivity index (χ1v) is 6.56. The van der Waals surface area contributed by atoms with Crippen LogP contribution >= 0.6 is 15.9 Å². The molecular formula is C12H16BrN3O3. The Balaban J connectivity index is 2.53. The molecule has 104 valence electrons. The Kier molecular flexibility index (Phi) is 5.75. The van der Waals surface area contributed by atoms with Crippen LogP contribution < -0.4 is 5.32 Å². The van der Waals surface area contributed by atoms with E-state index in [0.717, 1.165) is 10.2 Å². The van der Waals surface area contributed by atoms with E-state index in [1.807, 2.05) is 6.92 Å². The summed E-state index contributed by atoms with van der Waals surface area (Å²) in [6.45, 7) is 5.57. The number of aryl methyl sites for hydroxylation is 1. The van der Waals surface area contributed by atoms with E-state index in [4.69, 9.17) is 4.74 Å². The van der Waals surface area contributed by atoms with Gasteiger partial charge in [-0.25, -0.2) is 4.79 Å². The fraction of sp³-hybridized carbons (Fsp3) is 0.417. The Morgan fingerprint density at radius 1 is 1.58 bits per heavy atom. The van der Waals surface area contributed by atoms with Crippen molar-refractivity contribution in [2.24, 2.45) is 0 Å². The molecule has 6 nitrogen and oxygen atoms in total. The van der Waals surface area contributed by atoms with Crippen molar-refractivity contribution in [3.05, 3.63) is 28.1 Å². The normalized spacial score (nSPS) is 11.3. The molecule has 0 atom stereocenters. The molecule has 7 heteroatoms. The van der Waals surface area contributed by atoms with Gasteiger partial charge in [0.25, 0.3) is 0 Å². The van der Waals surface area contributed by atoms with E-state index in [0.29, 0.717) is 12.3 Å². The molecule has 0 fully saturated rings. The van der Waals surface area contributed by atoms with E-state index in [9.17, 15) is 9.59 Å². The van der Waals surface area contributed by atoms with Crippen molar-refractivity contribution in [1.29, 1.82) is 0 Å². The maximum absolute atomic E-state index is 11.7. The summed E-state index contributed by atoms with van der Waals surface area (Å²) in [7, 11) is 0. The van der Waals surface area contributed by atoms with E-state index < -0.39 is 5.97 Å². The zero-order valence-electron chi connectivity index (χ0n) is 11.1. The Morgan fingerprint density at radius 3 is 2.79 bits per heavy atom. The lowest BCUT2D eigenvalue weighted by atomic mass is 10.4. The molecule has 0 unspecified atom stereocenters. The molecule has 1 rings (SSSR count). The average Bonchev–Trinajstić information content (AvgIpc) is 2.57. The molecule has 0 aliphatic heterocycles. The number of rotatable bonds is 5. The van der Waals surface area contributed by atoms with Gasteiger partial charge in [-0.05, 0) is 36.7 Å². The first-order chi connectivity index (χ1) is 8.92. The van der Waals surface area contributed by atoms with E-state index in [1.54, 1.807) is 20.0 Å². The number of carbonyl (C=O) groups is 2. The van der Waals surface area contributed by atoms with Crippen molar-refractivity contribution in [1.82, 2.24) is 15.1 Å². The second-order valence-corrected chi connectivity index (χ2v) is 4.74. The summed E-state index contributed by atoms with van der Waals surface area (Å²) in [5.74, 6) is -0.731. The molecule has 19 heavy (non-hydrogen) atoms. The first-order valence-electron chi connectivity index (χ1n) is 5.76. The van der Waals surface area contributed by atoms with Crippen LogP contribution in [0.2, 0.25) is 0 Å². The molecule has 0 aliphatic rings. The van der Waals surface area contributed by atoms with E-state index in [-0.39, 0.29) is 12.5 Å². The van der Waals surface area contributed by atoms with Crippen LogP contribution in [-0.2, 0) is 20.9 Å². The number of hydrogen-bond donors (Lipinski definition) is 1. The standard InChI is InChI=1S/C12H16BrN3O3/c1-4-19-12(18)5-8(2)14-11(17)7-16-6-10(13)9(3)15-16/h5-6H,4,7H2,1-3H3,(H,14,17)/b8-5+. The van der Waals surface area contributed by atoms with Crippen LogP contribution in [-0.4, -0.2) is 28.3 Å². The molecule has 1 N–H and O–H groups in total. The van der Waals surface area contributed by atoms with Crippen molar-refractivity contribution in [2.45, 2.75) is 27.3 Å². The van der Waals surface area contributed by atoms with Crippen molar-refractivity contribution in [2.75, 3.05) is 6.61 Å². The topological polar surface area (TPSA) is 73.2 Å². The van der Waals surface area contributed by atoms with Gasteiger partial charge in [0.1, 0.15) is 6.54 Å². The molecule has 0 radical (unpaired) electrons. The van der Waals surface area contributed by atoms with Gasteiger partial charge in [0.2, 0.25) is 5.91 Å². The van der Waals surface area contributed by atoms with Crippen LogP contribution in [0.4, 0.5) is 0 Å². The molecule has 0 aromatic carbocycles. The van der Waals surface area contributed by atoms with Gasteiger partial charge in [0, 0.05) is 18.0 Å². The van der Waals surface area contributed by atoms with Gasteiger partial charge >= 0.3 is 5.97 Å². The zero-order chi connectivity index (χ0) is 14.4. The SMILES string of the molecule is CCOC(=O)/C=C(\C)NC(=O)Cn1cc(Br)c(C)n1. The predicted octanol–water partition coefficient (Wildman–Crippen LogP) is 1.54. The molecule has 0 saturated heterocycles.